The zero-order valence-electron chi connectivity index (χ0n) is 10.7. The summed E-state index contributed by atoms with van der Waals surface area (Å²) >= 11 is 7.67. The summed E-state index contributed by atoms with van der Waals surface area (Å²) in [7, 11) is 1.52. The van der Waals surface area contributed by atoms with E-state index < -0.39 is 0 Å². The van der Waals surface area contributed by atoms with Crippen molar-refractivity contribution in [2.45, 2.75) is 13.0 Å². The molecule has 1 atom stereocenters. The highest BCUT2D eigenvalue weighted by molar-refractivity contribution is 7.10. The number of ether oxygens (including phenoxy) is 1. The molecular weight excluding hydrogens is 285 g/mol. The molecule has 2 aromatic rings. The molecule has 0 spiro atoms. The molecule has 2 nitrogen and oxygen atoms in total. The maximum Gasteiger partial charge on any atom is 0.132 e. The zero-order valence-corrected chi connectivity index (χ0v) is 12.3. The SMILES string of the molecule is CCNC(c1ccc(OC)cc1F)c1sccc1Cl. The fraction of sp³-hybridized carbons (Fsp3) is 0.286. The summed E-state index contributed by atoms with van der Waals surface area (Å²) in [4.78, 5) is 0.924. The average molecular weight is 300 g/mol. The maximum atomic E-state index is 14.2. The lowest BCUT2D eigenvalue weighted by atomic mass is 10.0. The van der Waals surface area contributed by atoms with Crippen molar-refractivity contribution in [3.63, 3.8) is 0 Å². The predicted octanol–water partition coefficient (Wildman–Crippen LogP) is 4.25. The van der Waals surface area contributed by atoms with Gasteiger partial charge in [0.2, 0.25) is 0 Å². The van der Waals surface area contributed by atoms with Crippen molar-refractivity contribution in [3.05, 3.63) is 50.9 Å². The normalized spacial score (nSPS) is 12.4. The van der Waals surface area contributed by atoms with Crippen LogP contribution in [-0.4, -0.2) is 13.7 Å². The van der Waals surface area contributed by atoms with Crippen LogP contribution in [0.3, 0.4) is 0 Å². The van der Waals surface area contributed by atoms with Crippen molar-refractivity contribution >= 4 is 22.9 Å². The van der Waals surface area contributed by atoms with Gasteiger partial charge >= 0.3 is 0 Å². The van der Waals surface area contributed by atoms with Gasteiger partial charge in [0.25, 0.3) is 0 Å². The van der Waals surface area contributed by atoms with E-state index in [2.05, 4.69) is 5.32 Å². The third-order valence-electron chi connectivity index (χ3n) is 2.83. The van der Waals surface area contributed by atoms with Crippen molar-refractivity contribution in [2.24, 2.45) is 0 Å². The first-order valence-electron chi connectivity index (χ1n) is 5.97. The van der Waals surface area contributed by atoms with Crippen LogP contribution in [0, 0.1) is 5.82 Å². The van der Waals surface area contributed by atoms with E-state index in [-0.39, 0.29) is 11.9 Å². The van der Waals surface area contributed by atoms with E-state index in [9.17, 15) is 4.39 Å². The van der Waals surface area contributed by atoms with Crippen LogP contribution in [0.25, 0.3) is 0 Å². The van der Waals surface area contributed by atoms with Crippen LogP contribution in [0.4, 0.5) is 4.39 Å². The van der Waals surface area contributed by atoms with Gasteiger partial charge in [-0.2, -0.15) is 0 Å². The number of rotatable bonds is 5. The summed E-state index contributed by atoms with van der Waals surface area (Å²) in [6, 6.07) is 6.47. The lowest BCUT2D eigenvalue weighted by Crippen LogP contribution is -2.22. The molecular formula is C14H15ClFNOS. The van der Waals surface area contributed by atoms with Crippen LogP contribution >= 0.6 is 22.9 Å². The molecule has 1 N–H and O–H groups in total. The highest BCUT2D eigenvalue weighted by atomic mass is 35.5. The minimum atomic E-state index is -0.297. The summed E-state index contributed by atoms with van der Waals surface area (Å²) < 4.78 is 19.2. The molecule has 0 fully saturated rings. The van der Waals surface area contributed by atoms with Crippen molar-refractivity contribution < 1.29 is 9.13 Å². The first-order valence-corrected chi connectivity index (χ1v) is 7.22. The quantitative estimate of drug-likeness (QED) is 0.891. The van der Waals surface area contributed by atoms with Gasteiger partial charge in [-0.05, 0) is 24.1 Å². The monoisotopic (exact) mass is 299 g/mol. The lowest BCUT2D eigenvalue weighted by Gasteiger charge is -2.18. The fourth-order valence-corrected chi connectivity index (χ4v) is 3.19. The molecule has 1 heterocycles. The van der Waals surface area contributed by atoms with Gasteiger partial charge in [0.05, 0.1) is 18.2 Å². The minimum Gasteiger partial charge on any atom is -0.497 e. The number of hydrogen-bond acceptors (Lipinski definition) is 3. The Balaban J connectivity index is 2.42. The van der Waals surface area contributed by atoms with E-state index in [0.717, 1.165) is 11.4 Å². The molecule has 0 bridgehead atoms. The molecule has 0 saturated heterocycles. The molecule has 5 heteroatoms. The lowest BCUT2D eigenvalue weighted by molar-refractivity contribution is 0.410. The Kier molecular flexibility index (Phi) is 4.80. The zero-order chi connectivity index (χ0) is 13.8. The highest BCUT2D eigenvalue weighted by Gasteiger charge is 2.21. The van der Waals surface area contributed by atoms with E-state index in [1.807, 2.05) is 18.4 Å². The first-order chi connectivity index (χ1) is 9.17. The van der Waals surface area contributed by atoms with Crippen LogP contribution < -0.4 is 10.1 Å². The Morgan fingerprint density at radius 1 is 1.42 bits per heavy atom. The molecule has 19 heavy (non-hydrogen) atoms. The number of nitrogens with one attached hydrogen (secondary N) is 1. The van der Waals surface area contributed by atoms with E-state index in [1.54, 1.807) is 12.1 Å². The van der Waals surface area contributed by atoms with Crippen molar-refractivity contribution in [2.75, 3.05) is 13.7 Å². The second-order valence-corrected chi connectivity index (χ2v) is 5.37. The van der Waals surface area contributed by atoms with E-state index >= 15 is 0 Å². The van der Waals surface area contributed by atoms with Crippen molar-refractivity contribution in [1.29, 1.82) is 0 Å². The first kappa shape index (κ1) is 14.3. The van der Waals surface area contributed by atoms with Crippen molar-refractivity contribution in [1.82, 2.24) is 5.32 Å². The molecule has 0 saturated carbocycles. The van der Waals surface area contributed by atoms with Crippen LogP contribution in [0.2, 0.25) is 5.02 Å². The van der Waals surface area contributed by atoms with Crippen LogP contribution in [0.1, 0.15) is 23.4 Å². The van der Waals surface area contributed by atoms with Crippen LogP contribution in [0.15, 0.2) is 29.6 Å². The van der Waals surface area contributed by atoms with Gasteiger partial charge in [-0.25, -0.2) is 4.39 Å². The maximum absolute atomic E-state index is 14.2. The van der Waals surface area contributed by atoms with Gasteiger partial charge in [0, 0.05) is 16.5 Å². The average Bonchev–Trinajstić information content (AvgIpc) is 2.82. The molecule has 0 amide bonds. The summed E-state index contributed by atoms with van der Waals surface area (Å²) in [6.45, 7) is 2.71. The predicted molar refractivity (Wildman–Crippen MR) is 77.8 cm³/mol. The van der Waals surface area contributed by atoms with Crippen LogP contribution in [0.5, 0.6) is 5.75 Å². The Bertz CT molecular complexity index is 558. The smallest absolute Gasteiger partial charge is 0.132 e. The third-order valence-corrected chi connectivity index (χ3v) is 4.26. The highest BCUT2D eigenvalue weighted by Crippen LogP contribution is 2.34. The summed E-state index contributed by atoms with van der Waals surface area (Å²) in [5.74, 6) is 0.212. The third kappa shape index (κ3) is 3.08. The molecule has 0 aliphatic carbocycles. The van der Waals surface area contributed by atoms with Gasteiger partial charge in [-0.1, -0.05) is 24.6 Å². The summed E-state index contributed by atoms with van der Waals surface area (Å²) in [5.41, 5.74) is 0.576. The Labute approximate surface area is 121 Å². The van der Waals surface area contributed by atoms with E-state index in [0.29, 0.717) is 16.3 Å². The number of halogens is 2. The van der Waals surface area contributed by atoms with Crippen LogP contribution in [-0.2, 0) is 0 Å². The molecule has 1 unspecified atom stereocenters. The Morgan fingerprint density at radius 2 is 2.21 bits per heavy atom. The van der Waals surface area contributed by atoms with Gasteiger partial charge in [-0.15, -0.1) is 11.3 Å². The number of thiophene rings is 1. The fourth-order valence-electron chi connectivity index (χ4n) is 1.93. The minimum absolute atomic E-state index is 0.233. The number of benzene rings is 1. The second-order valence-electron chi connectivity index (χ2n) is 4.01. The van der Waals surface area contributed by atoms with Gasteiger partial charge in [-0.3, -0.25) is 0 Å². The van der Waals surface area contributed by atoms with Gasteiger partial charge < -0.3 is 10.1 Å². The summed E-state index contributed by atoms with van der Waals surface area (Å²) in [6.07, 6.45) is 0. The Morgan fingerprint density at radius 3 is 2.74 bits per heavy atom. The molecule has 0 radical (unpaired) electrons. The summed E-state index contributed by atoms with van der Waals surface area (Å²) in [5, 5.41) is 5.83. The largest absolute Gasteiger partial charge is 0.497 e. The topological polar surface area (TPSA) is 21.3 Å². The van der Waals surface area contributed by atoms with Crippen molar-refractivity contribution in [3.8, 4) is 5.75 Å². The van der Waals surface area contributed by atoms with E-state index in [1.165, 1.54) is 24.5 Å². The second kappa shape index (κ2) is 6.37. The van der Waals surface area contributed by atoms with E-state index in [4.69, 9.17) is 16.3 Å². The van der Waals surface area contributed by atoms with Gasteiger partial charge in [0.1, 0.15) is 11.6 Å². The Hall–Kier alpha value is -1.10. The molecule has 1 aromatic carbocycles. The molecule has 1 aromatic heterocycles. The molecule has 0 aliphatic rings. The number of methoxy groups -OCH3 is 1. The van der Waals surface area contributed by atoms with Gasteiger partial charge in [0.15, 0.2) is 0 Å². The molecule has 2 rings (SSSR count). The molecule has 0 aliphatic heterocycles. The standard InChI is InChI=1S/C14H15ClFNOS/c1-3-17-13(14-11(15)6-7-19-14)10-5-4-9(18-2)8-12(10)16/h4-8,13,17H,3H2,1-2H3. The number of hydrogen-bond donors (Lipinski definition) is 1. The molecule has 102 valence electrons.